The van der Waals surface area contributed by atoms with E-state index in [9.17, 15) is 0 Å². The molecule has 4 aromatic rings. The molecule has 0 fully saturated rings. The second kappa shape index (κ2) is 11.2. The van der Waals surface area contributed by atoms with Crippen LogP contribution in [0, 0.1) is 0 Å². The molecule has 41 heavy (non-hydrogen) atoms. The first-order valence-corrected chi connectivity index (χ1v) is 18.1. The van der Waals surface area contributed by atoms with E-state index < -0.39 is 8.07 Å². The Morgan fingerprint density at radius 1 is 0.341 bits per heavy atom. The fraction of sp³-hybridized carbons (Fsp3) is 0.385. The highest BCUT2D eigenvalue weighted by atomic mass is 127. The summed E-state index contributed by atoms with van der Waals surface area (Å²) in [6.07, 6.45) is 0. The molecule has 0 heterocycles. The van der Waals surface area contributed by atoms with Gasteiger partial charge in [0.05, 0.1) is 0 Å². The first-order valence-electron chi connectivity index (χ1n) is 15.0. The molecule has 0 spiro atoms. The van der Waals surface area contributed by atoms with E-state index in [1.807, 2.05) is 0 Å². The van der Waals surface area contributed by atoms with E-state index >= 15 is 0 Å². The van der Waals surface area contributed by atoms with Crippen LogP contribution in [0.25, 0.3) is 0 Å². The Hall–Kier alpha value is -2.17. The van der Waals surface area contributed by atoms with Gasteiger partial charge in [-0.1, -0.05) is 182 Å². The number of halogens is 1. The highest BCUT2D eigenvalue weighted by molar-refractivity contribution is 14.1. The number of rotatable bonds is 5. The predicted octanol–water partition coefficient (Wildman–Crippen LogP) is 8.63. The first-order chi connectivity index (χ1) is 18.8. The quantitative estimate of drug-likeness (QED) is 0.0863. The van der Waals surface area contributed by atoms with Crippen LogP contribution in [0.4, 0.5) is 0 Å². The van der Waals surface area contributed by atoms with E-state index in [0.29, 0.717) is 0 Å². The summed E-state index contributed by atoms with van der Waals surface area (Å²) in [5.74, 6) is 0. The topological polar surface area (TPSA) is 0 Å². The zero-order valence-corrected chi connectivity index (χ0v) is 30.3. The molecule has 0 bridgehead atoms. The monoisotopic (exact) mass is 672 g/mol. The maximum absolute atomic E-state index is 2.63. The summed E-state index contributed by atoms with van der Waals surface area (Å²) in [6.45, 7) is 25.3. The normalized spacial score (nSPS) is 13.4. The van der Waals surface area contributed by atoms with Crippen molar-refractivity contribution in [2.45, 2.75) is 95.8 Å². The largest absolute Gasteiger partial charge is 0.179 e. The van der Waals surface area contributed by atoms with Crippen LogP contribution in [0.15, 0.2) is 97.1 Å². The Morgan fingerprint density at radius 2 is 0.537 bits per heavy atom. The summed E-state index contributed by atoms with van der Waals surface area (Å²) >= 11 is 2.55. The van der Waals surface area contributed by atoms with E-state index in [4.69, 9.17) is 0 Å². The number of alkyl halides is 1. The second-order valence-electron chi connectivity index (χ2n) is 15.3. The second-order valence-corrected chi connectivity index (χ2v) is 21.8. The summed E-state index contributed by atoms with van der Waals surface area (Å²) in [4.78, 5) is 0. The van der Waals surface area contributed by atoms with Crippen molar-refractivity contribution < 1.29 is 0 Å². The smallest absolute Gasteiger partial charge is 0.0743 e. The van der Waals surface area contributed by atoms with Gasteiger partial charge in [-0.15, -0.1) is 0 Å². The van der Waals surface area contributed by atoms with Gasteiger partial charge in [-0.05, 0) is 73.1 Å². The Morgan fingerprint density at radius 3 is 0.707 bits per heavy atom. The molecule has 0 radical (unpaired) electrons. The predicted molar refractivity (Wildman–Crippen MR) is 193 cm³/mol. The van der Waals surface area contributed by atoms with Gasteiger partial charge in [0.25, 0.3) is 0 Å². The van der Waals surface area contributed by atoms with Crippen LogP contribution in [0.5, 0.6) is 0 Å². The van der Waals surface area contributed by atoms with Crippen molar-refractivity contribution in [2.24, 2.45) is 0 Å². The molecule has 0 amide bonds. The summed E-state index contributed by atoms with van der Waals surface area (Å²) in [7, 11) is -2.63. The maximum atomic E-state index is 2.55. The van der Waals surface area contributed by atoms with Gasteiger partial charge in [-0.25, -0.2) is 0 Å². The summed E-state index contributed by atoms with van der Waals surface area (Å²) < 4.78 is 0.0809. The van der Waals surface area contributed by atoms with E-state index in [1.165, 1.54) is 43.0 Å². The first kappa shape index (κ1) is 31.8. The molecule has 0 nitrogen and oxygen atoms in total. The van der Waals surface area contributed by atoms with Gasteiger partial charge in [-0.2, -0.15) is 0 Å². The van der Waals surface area contributed by atoms with Crippen LogP contribution >= 0.6 is 22.6 Å². The van der Waals surface area contributed by atoms with Gasteiger partial charge in [0.15, 0.2) is 8.07 Å². The minimum atomic E-state index is -2.63. The van der Waals surface area contributed by atoms with Crippen molar-refractivity contribution in [3.63, 3.8) is 0 Å². The fourth-order valence-corrected chi connectivity index (χ4v) is 10.8. The zero-order valence-electron chi connectivity index (χ0n) is 27.1. The third-order valence-corrected chi connectivity index (χ3v) is 14.0. The third-order valence-electron chi connectivity index (χ3n) is 8.56. The summed E-state index contributed by atoms with van der Waals surface area (Å²) in [6, 6.07) is 38.4. The van der Waals surface area contributed by atoms with E-state index in [0.717, 1.165) is 0 Å². The number of hydrogen-bond acceptors (Lipinski definition) is 0. The molecule has 0 atom stereocenters. The molecule has 0 saturated heterocycles. The van der Waals surface area contributed by atoms with Crippen LogP contribution in [-0.4, -0.2) is 8.07 Å². The lowest BCUT2D eigenvalue weighted by atomic mass is 9.87. The van der Waals surface area contributed by atoms with E-state index in [1.54, 1.807) is 0 Å². The van der Waals surface area contributed by atoms with Gasteiger partial charge in [-0.3, -0.25) is 0 Å². The average molecular weight is 673 g/mol. The lowest BCUT2D eigenvalue weighted by molar-refractivity contribution is 0.590. The Balaban J connectivity index is 2.09. The lowest BCUT2D eigenvalue weighted by Gasteiger charge is -2.36. The minimum Gasteiger partial charge on any atom is -0.0743 e. The highest BCUT2D eigenvalue weighted by Crippen LogP contribution is 2.30. The van der Waals surface area contributed by atoms with Gasteiger partial charge >= 0.3 is 0 Å². The van der Waals surface area contributed by atoms with Crippen LogP contribution in [0.1, 0.15) is 98.4 Å². The lowest BCUT2D eigenvalue weighted by Crippen LogP contribution is -2.74. The molecule has 0 aliphatic carbocycles. The van der Waals surface area contributed by atoms with Gasteiger partial charge in [0.1, 0.15) is 0 Å². The van der Waals surface area contributed by atoms with Crippen LogP contribution in [-0.2, 0) is 19.7 Å². The van der Waals surface area contributed by atoms with Gasteiger partial charge in [0, 0.05) is 3.42 Å². The number of benzene rings is 4. The van der Waals surface area contributed by atoms with Crippen molar-refractivity contribution in [2.75, 3.05) is 0 Å². The zero-order chi connectivity index (χ0) is 30.4. The molecule has 0 unspecified atom stereocenters. The Kier molecular flexibility index (Phi) is 8.64. The SMILES string of the molecule is CC(C)(C)c1ccc([Si](c2ccc(C(C)(C)C)cc2)(c2ccc(C(C)(C)C)cc2)c2ccc(C(C)(C)I)cc2)cc1. The van der Waals surface area contributed by atoms with Crippen molar-refractivity contribution in [3.8, 4) is 0 Å². The van der Waals surface area contributed by atoms with Crippen LogP contribution < -0.4 is 20.7 Å². The Bertz CT molecular complexity index is 1210. The maximum Gasteiger partial charge on any atom is 0.179 e. The van der Waals surface area contributed by atoms with Crippen molar-refractivity contribution in [1.29, 1.82) is 0 Å². The van der Waals surface area contributed by atoms with Crippen molar-refractivity contribution in [3.05, 3.63) is 119 Å². The van der Waals surface area contributed by atoms with Crippen molar-refractivity contribution >= 4 is 51.4 Å². The van der Waals surface area contributed by atoms with Gasteiger partial charge < -0.3 is 0 Å². The van der Waals surface area contributed by atoms with E-state index in [-0.39, 0.29) is 19.7 Å². The van der Waals surface area contributed by atoms with Gasteiger partial charge in [0.2, 0.25) is 0 Å². The molecule has 4 rings (SSSR count). The number of hydrogen-bond donors (Lipinski definition) is 0. The molecule has 4 aromatic carbocycles. The molecule has 0 N–H and O–H groups in total. The molecule has 0 aromatic heterocycles. The standard InChI is InChI=1S/C39H49ISi/c1-36(2,3)28-12-20-32(21-13-28)41(33-22-14-29(15-23-33)37(4,5)6,34-24-16-30(17-25-34)38(7,8)9)35-26-18-31(19-27-35)39(10,11)40/h12-27H,1-11H3. The summed E-state index contributed by atoms with van der Waals surface area (Å²) in [5.41, 5.74) is 5.81. The molecule has 2 heteroatoms. The highest BCUT2D eigenvalue weighted by Gasteiger charge is 2.42. The molecular weight excluding hydrogens is 623 g/mol. The molecular formula is C39H49ISi. The van der Waals surface area contributed by atoms with Crippen molar-refractivity contribution in [1.82, 2.24) is 0 Å². The van der Waals surface area contributed by atoms with Crippen LogP contribution in [0.3, 0.4) is 0 Å². The third kappa shape index (κ3) is 6.59. The minimum absolute atomic E-state index is 0.0809. The Labute approximate surface area is 265 Å². The average Bonchev–Trinajstić information content (AvgIpc) is 2.88. The molecule has 0 aliphatic heterocycles. The fourth-order valence-electron chi connectivity index (χ4n) is 5.78. The molecule has 216 valence electrons. The summed E-state index contributed by atoms with van der Waals surface area (Å²) in [5, 5.41) is 5.72. The van der Waals surface area contributed by atoms with E-state index in [2.05, 4.69) is 196 Å². The van der Waals surface area contributed by atoms with Crippen LogP contribution in [0.2, 0.25) is 0 Å². The molecule has 0 aliphatic rings. The molecule has 0 saturated carbocycles.